The van der Waals surface area contributed by atoms with Gasteiger partial charge >= 0.3 is 0 Å². The summed E-state index contributed by atoms with van der Waals surface area (Å²) in [5.74, 6) is -1.15. The molecule has 4 rings (SSSR count). The number of fused-ring (bicyclic) bond motifs is 3. The van der Waals surface area contributed by atoms with Gasteiger partial charge in [0.15, 0.2) is 0 Å². The number of nitrogens with zero attached hydrogens (tertiary/aromatic N) is 2. The molecule has 3 aliphatic rings. The van der Waals surface area contributed by atoms with Gasteiger partial charge in [-0.05, 0) is 11.6 Å². The topological polar surface area (TPSA) is 26.7 Å². The fourth-order valence-electron chi connectivity index (χ4n) is 3.07. The zero-order chi connectivity index (χ0) is 13.4. The molecule has 5 heteroatoms. The van der Waals surface area contributed by atoms with Crippen molar-refractivity contribution in [2.45, 2.75) is 18.6 Å². The Morgan fingerprint density at radius 3 is 2.53 bits per heavy atom. The Labute approximate surface area is 111 Å². The predicted molar refractivity (Wildman–Crippen MR) is 67.9 cm³/mol. The average Bonchev–Trinajstić information content (AvgIpc) is 2.43. The first-order chi connectivity index (χ1) is 9.13. The van der Waals surface area contributed by atoms with Crippen molar-refractivity contribution in [2.75, 3.05) is 32.7 Å². The van der Waals surface area contributed by atoms with Crippen molar-refractivity contribution in [2.24, 2.45) is 0 Å². The Hall–Kier alpha value is -1.04. The van der Waals surface area contributed by atoms with Crippen LogP contribution in [0.5, 0.6) is 0 Å². The molecule has 0 spiro atoms. The van der Waals surface area contributed by atoms with E-state index in [0.29, 0.717) is 5.56 Å². The molecule has 1 N–H and O–H groups in total. The smallest absolute Gasteiger partial charge is 0.129 e. The molecule has 3 fully saturated rings. The molecule has 3 aliphatic heterocycles. The molecule has 19 heavy (non-hydrogen) atoms. The maximum absolute atomic E-state index is 13.6. The lowest BCUT2D eigenvalue weighted by atomic mass is 9.96. The van der Waals surface area contributed by atoms with Crippen molar-refractivity contribution >= 4 is 0 Å². The Morgan fingerprint density at radius 2 is 1.95 bits per heavy atom. The molecule has 3 heterocycles. The Kier molecular flexibility index (Phi) is 3.52. The minimum atomic E-state index is -0.608. The number of aliphatic hydroxyl groups excluding tert-OH is 1. The van der Waals surface area contributed by atoms with Crippen LogP contribution in [0.25, 0.3) is 0 Å². The molecule has 0 aliphatic carbocycles. The second kappa shape index (κ2) is 5.15. The fourth-order valence-corrected chi connectivity index (χ4v) is 3.07. The fraction of sp³-hybridized carbons (Fsp3) is 0.571. The molecule has 1 aromatic carbocycles. The van der Waals surface area contributed by atoms with Crippen LogP contribution in [0.4, 0.5) is 8.78 Å². The first-order valence-corrected chi connectivity index (χ1v) is 6.72. The molecule has 0 radical (unpaired) electrons. The number of hydrogen-bond donors (Lipinski definition) is 1. The van der Waals surface area contributed by atoms with Crippen molar-refractivity contribution in [3.8, 4) is 0 Å². The molecule has 2 unspecified atom stereocenters. The highest BCUT2D eigenvalue weighted by Crippen LogP contribution is 2.21. The highest BCUT2D eigenvalue weighted by atomic mass is 19.1. The van der Waals surface area contributed by atoms with Gasteiger partial charge in [0.1, 0.15) is 11.6 Å². The summed E-state index contributed by atoms with van der Waals surface area (Å²) in [6.07, 6.45) is -0.371. The van der Waals surface area contributed by atoms with Gasteiger partial charge < -0.3 is 5.11 Å². The lowest BCUT2D eigenvalue weighted by molar-refractivity contribution is -0.0455. The summed E-state index contributed by atoms with van der Waals surface area (Å²) in [6, 6.07) is 3.60. The standard InChI is InChI=1S/C14H18F2N2O/c15-11-2-1-10(12(16)8-11)7-14(19)13-9-17-3-5-18(13)6-4-17/h1-2,8,13-14,19H,3-7,9H2. The molecule has 0 aromatic heterocycles. The SMILES string of the molecule is OC(Cc1ccc(F)cc1F)C1CN2CCN1CC2. The number of piperazine rings is 3. The van der Waals surface area contributed by atoms with E-state index in [4.69, 9.17) is 0 Å². The van der Waals surface area contributed by atoms with Crippen LogP contribution in [0.1, 0.15) is 5.56 Å². The molecule has 2 bridgehead atoms. The van der Waals surface area contributed by atoms with Crippen LogP contribution >= 0.6 is 0 Å². The summed E-state index contributed by atoms with van der Waals surface area (Å²) in [7, 11) is 0. The van der Waals surface area contributed by atoms with Crippen LogP contribution in [0.15, 0.2) is 18.2 Å². The largest absolute Gasteiger partial charge is 0.391 e. The first kappa shape index (κ1) is 13.0. The van der Waals surface area contributed by atoms with E-state index in [1.54, 1.807) is 0 Å². The average molecular weight is 268 g/mol. The summed E-state index contributed by atoms with van der Waals surface area (Å²) >= 11 is 0. The zero-order valence-electron chi connectivity index (χ0n) is 10.7. The Morgan fingerprint density at radius 1 is 1.21 bits per heavy atom. The van der Waals surface area contributed by atoms with Crippen LogP contribution in [0, 0.1) is 11.6 Å². The molecule has 3 saturated heterocycles. The number of rotatable bonds is 3. The molecular weight excluding hydrogens is 250 g/mol. The van der Waals surface area contributed by atoms with E-state index in [9.17, 15) is 13.9 Å². The molecule has 3 nitrogen and oxygen atoms in total. The number of hydrogen-bond acceptors (Lipinski definition) is 3. The summed E-state index contributed by atoms with van der Waals surface area (Å²) in [5.41, 5.74) is 0.381. The molecule has 0 saturated carbocycles. The van der Waals surface area contributed by atoms with E-state index in [2.05, 4.69) is 9.80 Å². The Balaban J connectivity index is 1.69. The lowest BCUT2D eigenvalue weighted by Gasteiger charge is -2.49. The lowest BCUT2D eigenvalue weighted by Crippen LogP contribution is -2.64. The van der Waals surface area contributed by atoms with Gasteiger partial charge in [0.05, 0.1) is 6.10 Å². The molecule has 104 valence electrons. The highest BCUT2D eigenvalue weighted by Gasteiger charge is 2.36. The molecule has 0 amide bonds. The van der Waals surface area contributed by atoms with Crippen LogP contribution in [0.2, 0.25) is 0 Å². The van der Waals surface area contributed by atoms with Gasteiger partial charge in [-0.3, -0.25) is 9.80 Å². The van der Waals surface area contributed by atoms with Crippen molar-refractivity contribution in [3.63, 3.8) is 0 Å². The number of halogens is 2. The van der Waals surface area contributed by atoms with E-state index < -0.39 is 17.7 Å². The van der Waals surface area contributed by atoms with Gasteiger partial charge in [0, 0.05) is 51.3 Å². The van der Waals surface area contributed by atoms with Crippen molar-refractivity contribution in [1.29, 1.82) is 0 Å². The molecule has 2 atom stereocenters. The molecule has 1 aromatic rings. The van der Waals surface area contributed by atoms with Gasteiger partial charge in [0.25, 0.3) is 0 Å². The summed E-state index contributed by atoms with van der Waals surface area (Å²) < 4.78 is 26.4. The van der Waals surface area contributed by atoms with Gasteiger partial charge in [-0.1, -0.05) is 6.07 Å². The quantitative estimate of drug-likeness (QED) is 0.881. The second-order valence-corrected chi connectivity index (χ2v) is 5.41. The zero-order valence-corrected chi connectivity index (χ0v) is 10.7. The number of benzene rings is 1. The minimum absolute atomic E-state index is 0.0620. The van der Waals surface area contributed by atoms with Gasteiger partial charge in [-0.15, -0.1) is 0 Å². The summed E-state index contributed by atoms with van der Waals surface area (Å²) in [4.78, 5) is 4.60. The van der Waals surface area contributed by atoms with Gasteiger partial charge in [-0.25, -0.2) is 8.78 Å². The van der Waals surface area contributed by atoms with Crippen LogP contribution in [0.3, 0.4) is 0 Å². The third-order valence-corrected chi connectivity index (χ3v) is 4.21. The van der Waals surface area contributed by atoms with Gasteiger partial charge in [0.2, 0.25) is 0 Å². The van der Waals surface area contributed by atoms with E-state index in [-0.39, 0.29) is 12.5 Å². The summed E-state index contributed by atoms with van der Waals surface area (Å²) in [6.45, 7) is 4.87. The molecular formula is C14H18F2N2O. The van der Waals surface area contributed by atoms with Crippen LogP contribution in [-0.4, -0.2) is 59.8 Å². The van der Waals surface area contributed by atoms with E-state index >= 15 is 0 Å². The van der Waals surface area contributed by atoms with E-state index in [0.717, 1.165) is 38.8 Å². The van der Waals surface area contributed by atoms with Crippen LogP contribution < -0.4 is 0 Å². The normalized spacial score (nSPS) is 31.4. The van der Waals surface area contributed by atoms with E-state index in [1.807, 2.05) is 0 Å². The van der Waals surface area contributed by atoms with Crippen molar-refractivity contribution < 1.29 is 13.9 Å². The third-order valence-electron chi connectivity index (χ3n) is 4.21. The van der Waals surface area contributed by atoms with Crippen molar-refractivity contribution in [3.05, 3.63) is 35.4 Å². The second-order valence-electron chi connectivity index (χ2n) is 5.41. The summed E-state index contributed by atoms with van der Waals surface area (Å²) in [5, 5.41) is 10.3. The number of aliphatic hydroxyl groups is 1. The van der Waals surface area contributed by atoms with Gasteiger partial charge in [-0.2, -0.15) is 0 Å². The maximum atomic E-state index is 13.6. The minimum Gasteiger partial charge on any atom is -0.391 e. The van der Waals surface area contributed by atoms with Crippen LogP contribution in [-0.2, 0) is 6.42 Å². The van der Waals surface area contributed by atoms with Crippen molar-refractivity contribution in [1.82, 2.24) is 9.80 Å². The highest BCUT2D eigenvalue weighted by molar-refractivity contribution is 5.20. The maximum Gasteiger partial charge on any atom is 0.129 e. The monoisotopic (exact) mass is 268 g/mol. The third kappa shape index (κ3) is 2.63. The Bertz CT molecular complexity index is 461. The first-order valence-electron chi connectivity index (χ1n) is 6.72. The predicted octanol–water partition coefficient (Wildman–Crippen LogP) is 0.868. The van der Waals surface area contributed by atoms with E-state index in [1.165, 1.54) is 12.1 Å².